The van der Waals surface area contributed by atoms with Crippen molar-refractivity contribution in [2.24, 2.45) is 4.99 Å². The number of rotatable bonds is 6. The van der Waals surface area contributed by atoms with Crippen LogP contribution < -0.4 is 15.4 Å². The highest BCUT2D eigenvalue weighted by molar-refractivity contribution is 8.18. The van der Waals surface area contributed by atoms with Crippen molar-refractivity contribution in [3.05, 3.63) is 93.9 Å². The molecule has 0 aromatic heterocycles. The van der Waals surface area contributed by atoms with Gasteiger partial charge in [0.2, 0.25) is 0 Å². The van der Waals surface area contributed by atoms with E-state index in [4.69, 9.17) is 16.3 Å². The molecule has 6 nitrogen and oxygen atoms in total. The second-order valence-electron chi connectivity index (χ2n) is 7.24. The molecule has 0 spiro atoms. The van der Waals surface area contributed by atoms with E-state index in [0.717, 1.165) is 16.8 Å². The molecular formula is C25H20ClN3O3S. The molecule has 4 rings (SSSR count). The number of carbonyl (C=O) groups excluding carboxylic acids is 2. The molecule has 8 heteroatoms. The van der Waals surface area contributed by atoms with Crippen LogP contribution in [-0.4, -0.2) is 23.6 Å². The van der Waals surface area contributed by atoms with Crippen molar-refractivity contribution in [3.8, 4) is 5.75 Å². The standard InChI is InChI=1S/C25H20ClN3O3S/c1-16-4-2-6-20(12-16)27-23(30)15-32-21-7-3-5-17(13-21)14-22-24(31)29-25(33-22)28-19-10-8-18(26)9-11-19/h2-14H,15H2,1H3,(H,27,30)(H,28,29,31)/b22-14-. The average Bonchev–Trinajstić information content (AvgIpc) is 3.12. The molecule has 0 atom stereocenters. The molecule has 0 radical (unpaired) electrons. The zero-order valence-corrected chi connectivity index (χ0v) is 19.2. The van der Waals surface area contributed by atoms with Crippen LogP contribution in [0.2, 0.25) is 5.02 Å². The van der Waals surface area contributed by atoms with Crippen LogP contribution in [0.1, 0.15) is 11.1 Å². The monoisotopic (exact) mass is 477 g/mol. The second kappa shape index (κ2) is 10.4. The maximum atomic E-state index is 12.3. The first-order chi connectivity index (χ1) is 15.9. The van der Waals surface area contributed by atoms with Gasteiger partial charge in [-0.2, -0.15) is 0 Å². The first-order valence-electron chi connectivity index (χ1n) is 10.1. The molecule has 1 heterocycles. The molecule has 3 aromatic carbocycles. The lowest BCUT2D eigenvalue weighted by Gasteiger charge is -2.08. The number of nitrogens with zero attached hydrogens (tertiary/aromatic N) is 1. The molecule has 1 aliphatic rings. The number of ether oxygens (including phenoxy) is 1. The Labute approximate surface area is 200 Å². The topological polar surface area (TPSA) is 79.8 Å². The molecule has 166 valence electrons. The summed E-state index contributed by atoms with van der Waals surface area (Å²) < 4.78 is 5.63. The number of amidine groups is 1. The van der Waals surface area contributed by atoms with Crippen LogP contribution in [0.5, 0.6) is 5.75 Å². The highest BCUT2D eigenvalue weighted by Crippen LogP contribution is 2.29. The van der Waals surface area contributed by atoms with Gasteiger partial charge in [-0.1, -0.05) is 35.9 Å². The SMILES string of the molecule is Cc1cccc(NC(=O)COc2cccc(/C=C3\SC(=Nc4ccc(Cl)cc4)NC3=O)c2)c1. The molecule has 2 amide bonds. The molecule has 1 aliphatic heterocycles. The fraction of sp³-hybridized carbons (Fsp3) is 0.0800. The predicted molar refractivity (Wildman–Crippen MR) is 134 cm³/mol. The number of aryl methyl sites for hydroxylation is 1. The van der Waals surface area contributed by atoms with Gasteiger partial charge in [0.25, 0.3) is 11.8 Å². The summed E-state index contributed by atoms with van der Waals surface area (Å²) in [6.45, 7) is 1.84. The Morgan fingerprint density at radius 1 is 1.12 bits per heavy atom. The Balaban J connectivity index is 1.38. The normalized spacial score (nSPS) is 15.5. The highest BCUT2D eigenvalue weighted by atomic mass is 35.5. The average molecular weight is 478 g/mol. The van der Waals surface area contributed by atoms with E-state index in [9.17, 15) is 9.59 Å². The van der Waals surface area contributed by atoms with Crippen molar-refractivity contribution in [2.75, 3.05) is 11.9 Å². The van der Waals surface area contributed by atoms with E-state index in [-0.39, 0.29) is 18.4 Å². The summed E-state index contributed by atoms with van der Waals surface area (Å²) in [5.41, 5.74) is 3.26. The van der Waals surface area contributed by atoms with Gasteiger partial charge in [0.05, 0.1) is 10.6 Å². The Morgan fingerprint density at radius 2 is 1.91 bits per heavy atom. The van der Waals surface area contributed by atoms with Crippen LogP contribution in [0.3, 0.4) is 0 Å². The van der Waals surface area contributed by atoms with Crippen LogP contribution in [-0.2, 0) is 9.59 Å². The van der Waals surface area contributed by atoms with Crippen LogP contribution in [0.4, 0.5) is 11.4 Å². The maximum Gasteiger partial charge on any atom is 0.264 e. The summed E-state index contributed by atoms with van der Waals surface area (Å²) >= 11 is 7.15. The number of anilines is 1. The quantitative estimate of drug-likeness (QED) is 0.456. The zero-order valence-electron chi connectivity index (χ0n) is 17.7. The maximum absolute atomic E-state index is 12.3. The third-order valence-electron chi connectivity index (χ3n) is 4.54. The number of aliphatic imine (C=N–C) groups is 1. The smallest absolute Gasteiger partial charge is 0.264 e. The van der Waals surface area contributed by atoms with Crippen LogP contribution >= 0.6 is 23.4 Å². The van der Waals surface area contributed by atoms with Crippen molar-refractivity contribution >= 4 is 57.8 Å². The number of nitrogens with one attached hydrogen (secondary N) is 2. The molecule has 33 heavy (non-hydrogen) atoms. The minimum atomic E-state index is -0.252. The summed E-state index contributed by atoms with van der Waals surface area (Å²) in [6, 6.07) is 21.8. The van der Waals surface area contributed by atoms with E-state index >= 15 is 0 Å². The van der Waals surface area contributed by atoms with Gasteiger partial charge in [0.15, 0.2) is 11.8 Å². The van der Waals surface area contributed by atoms with E-state index in [1.807, 2.05) is 37.3 Å². The molecule has 3 aromatic rings. The minimum absolute atomic E-state index is 0.124. The number of halogens is 1. The zero-order chi connectivity index (χ0) is 23.2. The van der Waals surface area contributed by atoms with Gasteiger partial charge < -0.3 is 15.4 Å². The van der Waals surface area contributed by atoms with E-state index in [1.54, 1.807) is 48.5 Å². The van der Waals surface area contributed by atoms with Gasteiger partial charge in [-0.3, -0.25) is 9.59 Å². The summed E-state index contributed by atoms with van der Waals surface area (Å²) in [5.74, 6) is 0.0527. The highest BCUT2D eigenvalue weighted by Gasteiger charge is 2.23. The number of thioether (sulfide) groups is 1. The van der Waals surface area contributed by atoms with Gasteiger partial charge in [-0.05, 0) is 84.4 Å². The molecule has 0 aliphatic carbocycles. The van der Waals surface area contributed by atoms with Crippen molar-refractivity contribution in [1.82, 2.24) is 5.32 Å². The first-order valence-corrected chi connectivity index (χ1v) is 11.3. The molecule has 1 fully saturated rings. The molecule has 0 unspecified atom stereocenters. The Bertz CT molecular complexity index is 1260. The lowest BCUT2D eigenvalue weighted by atomic mass is 10.2. The third kappa shape index (κ3) is 6.47. The number of amides is 2. The van der Waals surface area contributed by atoms with Crippen LogP contribution in [0.25, 0.3) is 6.08 Å². The van der Waals surface area contributed by atoms with Crippen molar-refractivity contribution < 1.29 is 14.3 Å². The van der Waals surface area contributed by atoms with Gasteiger partial charge in [0, 0.05) is 10.7 Å². The van der Waals surface area contributed by atoms with Gasteiger partial charge in [0.1, 0.15) is 5.75 Å². The largest absolute Gasteiger partial charge is 0.484 e. The van der Waals surface area contributed by atoms with Gasteiger partial charge in [-0.25, -0.2) is 4.99 Å². The molecule has 2 N–H and O–H groups in total. The second-order valence-corrected chi connectivity index (χ2v) is 8.70. The van der Waals surface area contributed by atoms with Gasteiger partial charge in [-0.15, -0.1) is 0 Å². The van der Waals surface area contributed by atoms with Crippen molar-refractivity contribution in [1.29, 1.82) is 0 Å². The van der Waals surface area contributed by atoms with Crippen molar-refractivity contribution in [3.63, 3.8) is 0 Å². The van der Waals surface area contributed by atoms with E-state index in [0.29, 0.717) is 26.5 Å². The van der Waals surface area contributed by atoms with E-state index in [1.165, 1.54) is 11.8 Å². The minimum Gasteiger partial charge on any atom is -0.484 e. The Kier molecular flexibility index (Phi) is 7.12. The summed E-state index contributed by atoms with van der Waals surface area (Å²) in [4.78, 5) is 29.5. The lowest BCUT2D eigenvalue weighted by molar-refractivity contribution is -0.118. The third-order valence-corrected chi connectivity index (χ3v) is 5.70. The lowest BCUT2D eigenvalue weighted by Crippen LogP contribution is -2.20. The molecule has 0 saturated carbocycles. The summed E-state index contributed by atoms with van der Waals surface area (Å²) in [5, 5.41) is 6.68. The van der Waals surface area contributed by atoms with Crippen LogP contribution in [0.15, 0.2) is 82.7 Å². The van der Waals surface area contributed by atoms with E-state index < -0.39 is 0 Å². The summed E-state index contributed by atoms with van der Waals surface area (Å²) in [7, 11) is 0. The summed E-state index contributed by atoms with van der Waals surface area (Å²) in [6.07, 6.45) is 1.75. The number of benzene rings is 3. The van der Waals surface area contributed by atoms with Gasteiger partial charge >= 0.3 is 0 Å². The number of hydrogen-bond acceptors (Lipinski definition) is 5. The van der Waals surface area contributed by atoms with E-state index in [2.05, 4.69) is 15.6 Å². The molecular weight excluding hydrogens is 458 g/mol. The Hall–Kier alpha value is -3.55. The molecule has 1 saturated heterocycles. The molecule has 0 bridgehead atoms. The fourth-order valence-electron chi connectivity index (χ4n) is 3.03. The van der Waals surface area contributed by atoms with Crippen LogP contribution in [0, 0.1) is 6.92 Å². The predicted octanol–water partition coefficient (Wildman–Crippen LogP) is 5.56. The number of hydrogen-bond donors (Lipinski definition) is 2. The fourth-order valence-corrected chi connectivity index (χ4v) is 4.00. The first kappa shape index (κ1) is 22.6. The Morgan fingerprint density at radius 3 is 2.70 bits per heavy atom. The number of carbonyl (C=O) groups is 2. The van der Waals surface area contributed by atoms with Crippen molar-refractivity contribution in [2.45, 2.75) is 6.92 Å².